The highest BCUT2D eigenvalue weighted by Gasteiger charge is 2.52. The summed E-state index contributed by atoms with van der Waals surface area (Å²) in [5, 5.41) is 2.08. The van der Waals surface area contributed by atoms with Gasteiger partial charge in [0.2, 0.25) is 0 Å². The van der Waals surface area contributed by atoms with Crippen LogP contribution in [0.5, 0.6) is 0 Å². The van der Waals surface area contributed by atoms with Gasteiger partial charge in [0.05, 0.1) is 5.69 Å². The van der Waals surface area contributed by atoms with Crippen molar-refractivity contribution in [2.45, 2.75) is 70.0 Å². The van der Waals surface area contributed by atoms with Crippen molar-refractivity contribution in [1.29, 1.82) is 0 Å². The second-order valence-electron chi connectivity index (χ2n) is 9.64. The minimum absolute atomic E-state index is 0.0407. The lowest BCUT2D eigenvalue weighted by atomic mass is 9.79. The summed E-state index contributed by atoms with van der Waals surface area (Å²) in [7, 11) is 2.16. The van der Waals surface area contributed by atoms with E-state index in [1.165, 1.54) is 12.0 Å². The third-order valence-corrected chi connectivity index (χ3v) is 7.13. The molecule has 0 radical (unpaired) electrons. The van der Waals surface area contributed by atoms with Crippen molar-refractivity contribution in [3.05, 3.63) is 29.8 Å². The Balaban J connectivity index is 1.60. The Morgan fingerprint density at radius 2 is 1.96 bits per heavy atom. The summed E-state index contributed by atoms with van der Waals surface area (Å²) < 4.78 is 0. The number of carbonyl (C=O) groups is 1. The molecule has 27 heavy (non-hydrogen) atoms. The van der Waals surface area contributed by atoms with Gasteiger partial charge >= 0.3 is 0 Å². The third-order valence-electron chi connectivity index (χ3n) is 7.13. The van der Waals surface area contributed by atoms with E-state index >= 15 is 0 Å². The molecule has 1 amide bonds. The second kappa shape index (κ2) is 6.49. The molecule has 0 saturated carbocycles. The number of rotatable bonds is 3. The van der Waals surface area contributed by atoms with E-state index < -0.39 is 5.54 Å². The molecule has 1 aromatic rings. The Hall–Kier alpha value is -1.59. The highest BCUT2D eigenvalue weighted by molar-refractivity contribution is 5.89. The van der Waals surface area contributed by atoms with Gasteiger partial charge in [-0.2, -0.15) is 0 Å². The molecule has 2 bridgehead atoms. The molecular formula is C22H34N4O. The zero-order valence-electron chi connectivity index (χ0n) is 17.5. The van der Waals surface area contributed by atoms with Gasteiger partial charge < -0.3 is 0 Å². The lowest BCUT2D eigenvalue weighted by Crippen LogP contribution is -2.74. The highest BCUT2D eigenvalue weighted by Crippen LogP contribution is 2.41. The van der Waals surface area contributed by atoms with Crippen molar-refractivity contribution in [3.63, 3.8) is 0 Å². The van der Waals surface area contributed by atoms with Gasteiger partial charge in [-0.05, 0) is 51.8 Å². The molecular weight excluding hydrogens is 336 g/mol. The van der Waals surface area contributed by atoms with Crippen molar-refractivity contribution < 1.29 is 4.79 Å². The number of anilines is 1. The van der Waals surface area contributed by atoms with Gasteiger partial charge in [0.15, 0.2) is 0 Å². The van der Waals surface area contributed by atoms with Gasteiger partial charge in [-0.1, -0.05) is 32.0 Å². The molecule has 5 heteroatoms. The fraction of sp³-hybridized carbons (Fsp3) is 0.682. The largest absolute Gasteiger partial charge is 0.297 e. The number of amides is 1. The summed E-state index contributed by atoms with van der Waals surface area (Å²) in [5.74, 6) is 0.160. The van der Waals surface area contributed by atoms with E-state index in [0.717, 1.165) is 38.2 Å². The van der Waals surface area contributed by atoms with Crippen LogP contribution in [0.15, 0.2) is 24.3 Å². The van der Waals surface area contributed by atoms with Crippen LogP contribution in [0.4, 0.5) is 5.69 Å². The number of hydrogen-bond acceptors (Lipinski definition) is 4. The maximum Gasteiger partial charge on any atom is 0.260 e. The number of para-hydroxylation sites is 1. The highest BCUT2D eigenvalue weighted by atomic mass is 16.2. The van der Waals surface area contributed by atoms with Gasteiger partial charge in [0.25, 0.3) is 5.91 Å². The topological polar surface area (TPSA) is 38.8 Å². The number of hydrogen-bond donors (Lipinski definition) is 1. The fourth-order valence-corrected chi connectivity index (χ4v) is 5.34. The molecule has 2 unspecified atom stereocenters. The molecule has 0 aliphatic carbocycles. The molecule has 0 aromatic heterocycles. The first-order chi connectivity index (χ1) is 12.7. The van der Waals surface area contributed by atoms with Crippen LogP contribution >= 0.6 is 0 Å². The summed E-state index contributed by atoms with van der Waals surface area (Å²) in [6.07, 6.45) is 3.26. The van der Waals surface area contributed by atoms with Crippen molar-refractivity contribution in [1.82, 2.24) is 15.2 Å². The van der Waals surface area contributed by atoms with Crippen molar-refractivity contribution >= 4 is 11.6 Å². The van der Waals surface area contributed by atoms with E-state index in [0.29, 0.717) is 12.1 Å². The minimum Gasteiger partial charge on any atom is -0.297 e. The minimum atomic E-state index is -0.423. The third kappa shape index (κ3) is 2.95. The number of likely N-dealkylation sites (N-methyl/N-ethyl adjacent to an activating group) is 1. The smallest absolute Gasteiger partial charge is 0.260 e. The molecule has 3 heterocycles. The predicted molar refractivity (Wildman–Crippen MR) is 110 cm³/mol. The van der Waals surface area contributed by atoms with Crippen LogP contribution in [0.25, 0.3) is 0 Å². The molecule has 1 N–H and O–H groups in total. The van der Waals surface area contributed by atoms with E-state index in [2.05, 4.69) is 79.2 Å². The van der Waals surface area contributed by atoms with Gasteiger partial charge in [0, 0.05) is 37.1 Å². The summed E-state index contributed by atoms with van der Waals surface area (Å²) in [6.45, 7) is 11.7. The number of nitrogens with zero attached hydrogens (tertiary/aromatic N) is 3. The fourth-order valence-electron chi connectivity index (χ4n) is 5.34. The Kier molecular flexibility index (Phi) is 4.51. The molecule has 3 aliphatic rings. The number of carbonyl (C=O) groups excluding carboxylic acids is 1. The zero-order valence-corrected chi connectivity index (χ0v) is 17.5. The average molecular weight is 371 g/mol. The quantitative estimate of drug-likeness (QED) is 0.888. The molecule has 5 nitrogen and oxygen atoms in total. The number of piperazine rings is 1. The van der Waals surface area contributed by atoms with Gasteiger partial charge in [-0.3, -0.25) is 25.0 Å². The Bertz CT molecular complexity index is 731. The molecule has 1 aromatic carbocycles. The normalized spacial score (nSPS) is 30.4. The lowest BCUT2D eigenvalue weighted by Gasteiger charge is -2.56. The number of benzene rings is 1. The number of nitrogens with one attached hydrogen (secondary N) is 1. The second-order valence-corrected chi connectivity index (χ2v) is 9.64. The monoisotopic (exact) mass is 370 g/mol. The van der Waals surface area contributed by atoms with Crippen molar-refractivity contribution in [2.75, 3.05) is 31.7 Å². The first-order valence-corrected chi connectivity index (χ1v) is 10.4. The molecule has 3 aliphatic heterocycles. The zero-order chi connectivity index (χ0) is 19.4. The van der Waals surface area contributed by atoms with Crippen LogP contribution in [0.3, 0.4) is 0 Å². The van der Waals surface area contributed by atoms with E-state index in [4.69, 9.17) is 0 Å². The molecule has 2 atom stereocenters. The Morgan fingerprint density at radius 1 is 1.22 bits per heavy atom. The van der Waals surface area contributed by atoms with Crippen LogP contribution in [-0.2, 0) is 10.2 Å². The van der Waals surface area contributed by atoms with Gasteiger partial charge in [0.1, 0.15) is 5.54 Å². The first kappa shape index (κ1) is 18.8. The summed E-state index contributed by atoms with van der Waals surface area (Å²) in [4.78, 5) is 18.5. The van der Waals surface area contributed by atoms with E-state index in [-0.39, 0.29) is 11.3 Å². The maximum absolute atomic E-state index is 13.7. The molecule has 0 spiro atoms. The first-order valence-electron chi connectivity index (χ1n) is 10.4. The van der Waals surface area contributed by atoms with E-state index in [1.807, 2.05) is 0 Å². The van der Waals surface area contributed by atoms with Crippen LogP contribution in [0.2, 0.25) is 0 Å². The Morgan fingerprint density at radius 3 is 2.70 bits per heavy atom. The number of piperidine rings is 1. The molecule has 2 saturated heterocycles. The van der Waals surface area contributed by atoms with Crippen LogP contribution in [0.1, 0.15) is 52.5 Å². The Labute approximate surface area is 163 Å². The van der Waals surface area contributed by atoms with Crippen LogP contribution < -0.4 is 10.4 Å². The standard InChI is InChI=1S/C22H34N4O/c1-16(2)25-13-17-9-8-12-22(15-25,24(17)5)20(27)23-26-14-21(3,4)18-10-6-7-11-19(18)26/h6-7,10-11,16-17H,8-9,12-15H2,1-5H3,(H,23,27). The lowest BCUT2D eigenvalue weighted by molar-refractivity contribution is -0.147. The van der Waals surface area contributed by atoms with Gasteiger partial charge in [-0.15, -0.1) is 0 Å². The SMILES string of the molecule is CC(C)N1CC2CCCC(C(=O)NN3CC(C)(C)c4ccccc43)(C1)N2C. The average Bonchev–Trinajstić information content (AvgIpc) is 2.85. The van der Waals surface area contributed by atoms with Gasteiger partial charge in [-0.25, -0.2) is 0 Å². The molecule has 4 rings (SSSR count). The summed E-state index contributed by atoms with van der Waals surface area (Å²) >= 11 is 0. The van der Waals surface area contributed by atoms with E-state index in [9.17, 15) is 4.79 Å². The number of fused-ring (bicyclic) bond motifs is 3. The van der Waals surface area contributed by atoms with Crippen LogP contribution in [0, 0.1) is 0 Å². The van der Waals surface area contributed by atoms with E-state index in [1.54, 1.807) is 0 Å². The predicted octanol–water partition coefficient (Wildman–Crippen LogP) is 2.76. The number of likely N-dealkylation sites (tertiary alicyclic amines) is 1. The van der Waals surface area contributed by atoms with Crippen molar-refractivity contribution in [3.8, 4) is 0 Å². The summed E-state index contributed by atoms with van der Waals surface area (Å²) in [6, 6.07) is 9.40. The van der Waals surface area contributed by atoms with Crippen molar-refractivity contribution in [2.24, 2.45) is 0 Å². The molecule has 2 fully saturated rings. The van der Waals surface area contributed by atoms with Crippen LogP contribution in [-0.4, -0.2) is 60.0 Å². The molecule has 148 valence electrons. The maximum atomic E-state index is 13.7. The summed E-state index contributed by atoms with van der Waals surface area (Å²) in [5.41, 5.74) is 5.39. The number of hydrazine groups is 1.